The molecule has 4 heteroatoms. The molecule has 1 aliphatic rings. The maximum absolute atomic E-state index is 12.9. The average Bonchev–Trinajstić information content (AvgIpc) is 2.36. The maximum atomic E-state index is 12.9. The molecule has 100 valence electrons. The van der Waals surface area contributed by atoms with Gasteiger partial charge < -0.3 is 15.7 Å². The minimum atomic E-state index is -0.211. The van der Waals surface area contributed by atoms with Crippen LogP contribution in [0.5, 0.6) is 0 Å². The van der Waals surface area contributed by atoms with E-state index in [1.165, 1.54) is 12.1 Å². The molecule has 0 aromatic heterocycles. The van der Waals surface area contributed by atoms with E-state index >= 15 is 0 Å². The first-order valence-electron chi connectivity index (χ1n) is 6.56. The third kappa shape index (κ3) is 3.43. The average molecular weight is 252 g/mol. The van der Waals surface area contributed by atoms with E-state index in [1.54, 1.807) is 12.1 Å². The summed E-state index contributed by atoms with van der Waals surface area (Å²) in [5, 5.41) is 8.89. The molecule has 0 spiro atoms. The van der Waals surface area contributed by atoms with Gasteiger partial charge in [0, 0.05) is 31.4 Å². The number of anilines is 1. The van der Waals surface area contributed by atoms with Gasteiger partial charge >= 0.3 is 0 Å². The molecule has 0 aliphatic carbocycles. The normalized spacial score (nSPS) is 24.3. The summed E-state index contributed by atoms with van der Waals surface area (Å²) in [6, 6.07) is 6.73. The van der Waals surface area contributed by atoms with Gasteiger partial charge in [-0.2, -0.15) is 0 Å². The quantitative estimate of drug-likeness (QED) is 0.858. The van der Waals surface area contributed by atoms with Crippen LogP contribution in [0.25, 0.3) is 0 Å². The van der Waals surface area contributed by atoms with E-state index in [0.717, 1.165) is 38.0 Å². The zero-order valence-electron chi connectivity index (χ0n) is 10.6. The van der Waals surface area contributed by atoms with E-state index < -0.39 is 0 Å². The SMILES string of the molecule is NC1CC(CCCO)CN(c2ccc(F)cc2)C1. The van der Waals surface area contributed by atoms with Gasteiger partial charge in [-0.15, -0.1) is 0 Å². The lowest BCUT2D eigenvalue weighted by molar-refractivity contribution is 0.259. The Bertz CT molecular complexity index is 369. The van der Waals surface area contributed by atoms with Crippen molar-refractivity contribution in [2.75, 3.05) is 24.6 Å². The summed E-state index contributed by atoms with van der Waals surface area (Å²) in [5.74, 6) is 0.308. The minimum absolute atomic E-state index is 0.160. The Morgan fingerprint density at radius 2 is 2.00 bits per heavy atom. The Labute approximate surface area is 107 Å². The molecular weight excluding hydrogens is 231 g/mol. The fraction of sp³-hybridized carbons (Fsp3) is 0.571. The van der Waals surface area contributed by atoms with Gasteiger partial charge in [0.2, 0.25) is 0 Å². The highest BCUT2D eigenvalue weighted by Gasteiger charge is 2.24. The number of nitrogens with two attached hydrogens (primary N) is 1. The first-order chi connectivity index (χ1) is 8.69. The van der Waals surface area contributed by atoms with Gasteiger partial charge in [0.25, 0.3) is 0 Å². The van der Waals surface area contributed by atoms with E-state index in [2.05, 4.69) is 4.90 Å². The van der Waals surface area contributed by atoms with Gasteiger partial charge in [-0.3, -0.25) is 0 Å². The number of nitrogens with zero attached hydrogens (tertiary/aromatic N) is 1. The van der Waals surface area contributed by atoms with Crippen molar-refractivity contribution in [2.24, 2.45) is 11.7 Å². The van der Waals surface area contributed by atoms with Crippen molar-refractivity contribution in [1.82, 2.24) is 0 Å². The number of hydrogen-bond acceptors (Lipinski definition) is 3. The summed E-state index contributed by atoms with van der Waals surface area (Å²) in [4.78, 5) is 2.22. The van der Waals surface area contributed by atoms with E-state index in [1.807, 2.05) is 0 Å². The van der Waals surface area contributed by atoms with Crippen molar-refractivity contribution in [3.05, 3.63) is 30.1 Å². The van der Waals surface area contributed by atoms with Crippen LogP contribution in [0, 0.1) is 11.7 Å². The Morgan fingerprint density at radius 1 is 1.28 bits per heavy atom. The molecule has 0 bridgehead atoms. The standard InChI is InChI=1S/C14H21FN2O/c15-12-3-5-14(6-4-12)17-9-11(2-1-7-18)8-13(16)10-17/h3-6,11,13,18H,1-2,7-10,16H2. The lowest BCUT2D eigenvalue weighted by Gasteiger charge is -2.38. The van der Waals surface area contributed by atoms with Gasteiger partial charge in [-0.1, -0.05) is 0 Å². The predicted molar refractivity (Wildman–Crippen MR) is 71.0 cm³/mol. The second-order valence-corrected chi connectivity index (χ2v) is 5.11. The van der Waals surface area contributed by atoms with Gasteiger partial charge in [-0.05, 0) is 49.4 Å². The predicted octanol–water partition coefficient (Wildman–Crippen LogP) is 1.75. The first kappa shape index (κ1) is 13.3. The molecule has 1 fully saturated rings. The van der Waals surface area contributed by atoms with E-state index in [0.29, 0.717) is 5.92 Å². The van der Waals surface area contributed by atoms with E-state index in [-0.39, 0.29) is 18.5 Å². The van der Waals surface area contributed by atoms with Crippen molar-refractivity contribution in [2.45, 2.75) is 25.3 Å². The fourth-order valence-corrected chi connectivity index (χ4v) is 2.70. The first-order valence-corrected chi connectivity index (χ1v) is 6.56. The fourth-order valence-electron chi connectivity index (χ4n) is 2.70. The summed E-state index contributed by atoms with van der Waals surface area (Å²) >= 11 is 0. The molecule has 0 amide bonds. The van der Waals surface area contributed by atoms with Crippen LogP contribution < -0.4 is 10.6 Å². The van der Waals surface area contributed by atoms with Crippen LogP contribution in [0.3, 0.4) is 0 Å². The zero-order valence-corrected chi connectivity index (χ0v) is 10.6. The summed E-state index contributed by atoms with van der Waals surface area (Å²) in [6.45, 7) is 2.00. The molecule has 2 unspecified atom stereocenters. The number of hydrogen-bond donors (Lipinski definition) is 2. The van der Waals surface area contributed by atoms with Gasteiger partial charge in [0.15, 0.2) is 0 Å². The van der Waals surface area contributed by atoms with Crippen molar-refractivity contribution in [3.8, 4) is 0 Å². The second kappa shape index (κ2) is 6.16. The second-order valence-electron chi connectivity index (χ2n) is 5.11. The van der Waals surface area contributed by atoms with Crippen LogP contribution >= 0.6 is 0 Å². The van der Waals surface area contributed by atoms with Crippen LogP contribution in [0.4, 0.5) is 10.1 Å². The Morgan fingerprint density at radius 3 is 2.67 bits per heavy atom. The molecule has 1 heterocycles. The molecule has 2 rings (SSSR count). The molecule has 1 aromatic carbocycles. The Kier molecular flexibility index (Phi) is 4.55. The minimum Gasteiger partial charge on any atom is -0.396 e. The highest BCUT2D eigenvalue weighted by atomic mass is 19.1. The number of halogens is 1. The van der Waals surface area contributed by atoms with E-state index in [9.17, 15) is 4.39 Å². The van der Waals surface area contributed by atoms with Gasteiger partial charge in [0.05, 0.1) is 0 Å². The Balaban J connectivity index is 2.01. The third-order valence-electron chi connectivity index (χ3n) is 3.53. The van der Waals surface area contributed by atoms with Crippen molar-refractivity contribution in [3.63, 3.8) is 0 Å². The summed E-state index contributed by atoms with van der Waals surface area (Å²) in [7, 11) is 0. The molecule has 1 saturated heterocycles. The molecule has 3 N–H and O–H groups in total. The maximum Gasteiger partial charge on any atom is 0.123 e. The smallest absolute Gasteiger partial charge is 0.123 e. The molecule has 0 radical (unpaired) electrons. The summed E-state index contributed by atoms with van der Waals surface area (Å²) < 4.78 is 12.9. The number of piperidine rings is 1. The zero-order chi connectivity index (χ0) is 13.0. The van der Waals surface area contributed by atoms with Crippen molar-refractivity contribution in [1.29, 1.82) is 0 Å². The molecule has 0 saturated carbocycles. The lowest BCUT2D eigenvalue weighted by Crippen LogP contribution is -2.47. The van der Waals surface area contributed by atoms with Crippen LogP contribution in [-0.2, 0) is 0 Å². The number of rotatable bonds is 4. The molecule has 18 heavy (non-hydrogen) atoms. The van der Waals surface area contributed by atoms with E-state index in [4.69, 9.17) is 10.8 Å². The molecular formula is C14H21FN2O. The third-order valence-corrected chi connectivity index (χ3v) is 3.53. The van der Waals surface area contributed by atoms with Crippen LogP contribution in [0.15, 0.2) is 24.3 Å². The number of aliphatic hydroxyl groups is 1. The topological polar surface area (TPSA) is 49.5 Å². The monoisotopic (exact) mass is 252 g/mol. The summed E-state index contributed by atoms with van der Waals surface area (Å²) in [6.07, 6.45) is 2.84. The number of benzene rings is 1. The summed E-state index contributed by atoms with van der Waals surface area (Å²) in [5.41, 5.74) is 7.10. The highest BCUT2D eigenvalue weighted by Crippen LogP contribution is 2.25. The number of aliphatic hydroxyl groups excluding tert-OH is 1. The van der Waals surface area contributed by atoms with Gasteiger partial charge in [0.1, 0.15) is 5.82 Å². The van der Waals surface area contributed by atoms with Gasteiger partial charge in [-0.25, -0.2) is 4.39 Å². The highest BCUT2D eigenvalue weighted by molar-refractivity contribution is 5.47. The van der Waals surface area contributed by atoms with Crippen LogP contribution in [-0.4, -0.2) is 30.8 Å². The van der Waals surface area contributed by atoms with Crippen LogP contribution in [0.1, 0.15) is 19.3 Å². The van der Waals surface area contributed by atoms with Crippen molar-refractivity contribution < 1.29 is 9.50 Å². The molecule has 2 atom stereocenters. The molecule has 1 aromatic rings. The largest absolute Gasteiger partial charge is 0.396 e. The molecule has 1 aliphatic heterocycles. The lowest BCUT2D eigenvalue weighted by atomic mass is 9.90. The molecule has 3 nitrogen and oxygen atoms in total. The van der Waals surface area contributed by atoms with Crippen molar-refractivity contribution >= 4 is 5.69 Å². The Hall–Kier alpha value is -1.13. The van der Waals surface area contributed by atoms with Crippen LogP contribution in [0.2, 0.25) is 0 Å².